The van der Waals surface area contributed by atoms with Crippen molar-refractivity contribution in [1.29, 1.82) is 0 Å². The molecule has 1 heterocycles. The SMILES string of the molecule is C=CCN(CC=C)C(CNC(=O)C1CNCCO1)C(C)C.Cl.Cl. The smallest absolute Gasteiger partial charge is 0.250 e. The fraction of sp³-hybridized carbons (Fsp3) is 0.688. The van der Waals surface area contributed by atoms with Crippen LogP contribution >= 0.6 is 24.8 Å². The monoisotopic (exact) mass is 367 g/mol. The molecule has 0 aromatic rings. The molecule has 5 nitrogen and oxygen atoms in total. The van der Waals surface area contributed by atoms with Gasteiger partial charge in [-0.25, -0.2) is 0 Å². The number of hydrogen-bond acceptors (Lipinski definition) is 4. The van der Waals surface area contributed by atoms with Gasteiger partial charge in [0.05, 0.1) is 6.61 Å². The third-order valence-electron chi connectivity index (χ3n) is 3.67. The molecule has 1 fully saturated rings. The zero-order valence-electron chi connectivity index (χ0n) is 14.1. The van der Waals surface area contributed by atoms with E-state index in [1.54, 1.807) is 0 Å². The van der Waals surface area contributed by atoms with Crippen LogP contribution in [0.2, 0.25) is 0 Å². The van der Waals surface area contributed by atoms with E-state index in [0.717, 1.165) is 19.6 Å². The summed E-state index contributed by atoms with van der Waals surface area (Å²) in [6.45, 7) is 16.1. The highest BCUT2D eigenvalue weighted by molar-refractivity contribution is 5.85. The summed E-state index contributed by atoms with van der Waals surface area (Å²) in [5.74, 6) is 0.389. The van der Waals surface area contributed by atoms with Crippen LogP contribution in [0.4, 0.5) is 0 Å². The summed E-state index contributed by atoms with van der Waals surface area (Å²) < 4.78 is 5.47. The molecule has 1 rings (SSSR count). The highest BCUT2D eigenvalue weighted by Crippen LogP contribution is 2.10. The van der Waals surface area contributed by atoms with Gasteiger partial charge in [-0.15, -0.1) is 38.0 Å². The third-order valence-corrected chi connectivity index (χ3v) is 3.67. The van der Waals surface area contributed by atoms with Crippen molar-refractivity contribution >= 4 is 30.7 Å². The summed E-state index contributed by atoms with van der Waals surface area (Å²) in [6, 6.07) is 0.251. The second kappa shape index (κ2) is 13.8. The second-order valence-corrected chi connectivity index (χ2v) is 5.65. The molecule has 2 N–H and O–H groups in total. The molecule has 0 spiro atoms. The van der Waals surface area contributed by atoms with Crippen LogP contribution in [0.1, 0.15) is 13.8 Å². The van der Waals surface area contributed by atoms with E-state index in [1.807, 2.05) is 12.2 Å². The lowest BCUT2D eigenvalue weighted by Crippen LogP contribution is -2.52. The Balaban J connectivity index is 0. The van der Waals surface area contributed by atoms with Crippen molar-refractivity contribution in [2.75, 3.05) is 39.3 Å². The van der Waals surface area contributed by atoms with Crippen LogP contribution in [-0.4, -0.2) is 62.3 Å². The Bertz CT molecular complexity index is 338. The van der Waals surface area contributed by atoms with E-state index < -0.39 is 0 Å². The maximum Gasteiger partial charge on any atom is 0.250 e. The van der Waals surface area contributed by atoms with Gasteiger partial charge < -0.3 is 15.4 Å². The molecule has 1 saturated heterocycles. The number of nitrogens with zero attached hydrogens (tertiary/aromatic N) is 1. The molecule has 7 heteroatoms. The van der Waals surface area contributed by atoms with Crippen molar-refractivity contribution in [3.63, 3.8) is 0 Å². The maximum absolute atomic E-state index is 12.1. The molecule has 0 bridgehead atoms. The normalized spacial score (nSPS) is 18.5. The van der Waals surface area contributed by atoms with Gasteiger partial charge >= 0.3 is 0 Å². The Morgan fingerprint density at radius 2 is 1.96 bits per heavy atom. The molecule has 1 aliphatic rings. The minimum atomic E-state index is -0.376. The van der Waals surface area contributed by atoms with Gasteiger partial charge in [-0.05, 0) is 5.92 Å². The van der Waals surface area contributed by atoms with Crippen molar-refractivity contribution in [2.24, 2.45) is 5.92 Å². The molecule has 0 radical (unpaired) electrons. The molecule has 1 amide bonds. The summed E-state index contributed by atoms with van der Waals surface area (Å²) in [5.41, 5.74) is 0. The van der Waals surface area contributed by atoms with Gasteiger partial charge in [0.1, 0.15) is 6.10 Å². The predicted molar refractivity (Wildman–Crippen MR) is 101 cm³/mol. The molecule has 1 aliphatic heterocycles. The number of nitrogens with one attached hydrogen (secondary N) is 2. The number of carbonyl (C=O) groups is 1. The third kappa shape index (κ3) is 8.72. The number of hydrogen-bond donors (Lipinski definition) is 2. The largest absolute Gasteiger partial charge is 0.366 e. The molecule has 0 saturated carbocycles. The van der Waals surface area contributed by atoms with Crippen molar-refractivity contribution in [1.82, 2.24) is 15.5 Å². The molecule has 2 unspecified atom stereocenters. The first-order valence-corrected chi connectivity index (χ1v) is 7.66. The Labute approximate surface area is 152 Å². The zero-order chi connectivity index (χ0) is 15.7. The van der Waals surface area contributed by atoms with Gasteiger partial charge in [-0.1, -0.05) is 26.0 Å². The molecule has 0 aliphatic carbocycles. The average molecular weight is 368 g/mol. The van der Waals surface area contributed by atoms with Crippen molar-refractivity contribution < 1.29 is 9.53 Å². The van der Waals surface area contributed by atoms with Gasteiger partial charge in [0.2, 0.25) is 0 Å². The van der Waals surface area contributed by atoms with Crippen LogP contribution in [0.15, 0.2) is 25.3 Å². The maximum atomic E-state index is 12.1. The van der Waals surface area contributed by atoms with E-state index in [-0.39, 0.29) is 42.9 Å². The highest BCUT2D eigenvalue weighted by atomic mass is 35.5. The van der Waals surface area contributed by atoms with Crippen LogP contribution in [0, 0.1) is 5.92 Å². The quantitative estimate of drug-likeness (QED) is 0.608. The van der Waals surface area contributed by atoms with Crippen LogP contribution in [0.5, 0.6) is 0 Å². The lowest BCUT2D eigenvalue weighted by atomic mass is 10.0. The number of ether oxygens (including phenoxy) is 1. The van der Waals surface area contributed by atoms with Gasteiger partial charge in [0, 0.05) is 38.8 Å². The fourth-order valence-electron chi connectivity index (χ4n) is 2.52. The van der Waals surface area contributed by atoms with Crippen LogP contribution in [0.3, 0.4) is 0 Å². The van der Waals surface area contributed by atoms with Crippen molar-refractivity contribution in [2.45, 2.75) is 26.0 Å². The summed E-state index contributed by atoms with van der Waals surface area (Å²) in [4.78, 5) is 14.4. The molecular formula is C16H31Cl2N3O2. The zero-order valence-corrected chi connectivity index (χ0v) is 15.8. The van der Waals surface area contributed by atoms with E-state index in [4.69, 9.17) is 4.74 Å². The van der Waals surface area contributed by atoms with Gasteiger partial charge in [-0.2, -0.15) is 0 Å². The number of amides is 1. The number of morpholine rings is 1. The van der Waals surface area contributed by atoms with E-state index in [9.17, 15) is 4.79 Å². The van der Waals surface area contributed by atoms with E-state index in [1.165, 1.54) is 0 Å². The number of carbonyl (C=O) groups excluding carboxylic acids is 1. The standard InChI is InChI=1S/C16H29N3O2.2ClH/c1-5-8-19(9-6-2)14(13(3)4)11-18-16(20)15-12-17-7-10-21-15;;/h5-6,13-15,17H,1-2,7-12H2,3-4H3,(H,18,20);2*1H. The lowest BCUT2D eigenvalue weighted by Gasteiger charge is -2.33. The topological polar surface area (TPSA) is 53.6 Å². The summed E-state index contributed by atoms with van der Waals surface area (Å²) in [7, 11) is 0. The Morgan fingerprint density at radius 1 is 1.35 bits per heavy atom. The predicted octanol–water partition coefficient (Wildman–Crippen LogP) is 1.63. The van der Waals surface area contributed by atoms with E-state index in [2.05, 4.69) is 42.5 Å². The fourth-order valence-corrected chi connectivity index (χ4v) is 2.52. The number of halogens is 2. The lowest BCUT2D eigenvalue weighted by molar-refractivity contribution is -0.134. The van der Waals surface area contributed by atoms with Crippen LogP contribution < -0.4 is 10.6 Å². The Hall–Kier alpha value is -0.590. The first-order valence-electron chi connectivity index (χ1n) is 7.66. The molecule has 2 atom stereocenters. The number of rotatable bonds is 9. The highest BCUT2D eigenvalue weighted by Gasteiger charge is 2.25. The van der Waals surface area contributed by atoms with Gasteiger partial charge in [0.15, 0.2) is 0 Å². The minimum Gasteiger partial charge on any atom is -0.366 e. The molecular weight excluding hydrogens is 337 g/mol. The van der Waals surface area contributed by atoms with Crippen LogP contribution in [0.25, 0.3) is 0 Å². The first kappa shape index (κ1) is 24.7. The van der Waals surface area contributed by atoms with E-state index >= 15 is 0 Å². The molecule has 0 aromatic heterocycles. The molecule has 136 valence electrons. The van der Waals surface area contributed by atoms with Crippen LogP contribution in [-0.2, 0) is 9.53 Å². The second-order valence-electron chi connectivity index (χ2n) is 5.65. The summed E-state index contributed by atoms with van der Waals surface area (Å²) in [5, 5.41) is 6.18. The van der Waals surface area contributed by atoms with Crippen molar-refractivity contribution in [3.05, 3.63) is 25.3 Å². The summed E-state index contributed by atoms with van der Waals surface area (Å²) >= 11 is 0. The average Bonchev–Trinajstić information content (AvgIpc) is 2.48. The molecule has 0 aromatic carbocycles. The minimum absolute atomic E-state index is 0. The van der Waals surface area contributed by atoms with Gasteiger partial charge in [0.25, 0.3) is 5.91 Å². The molecule has 23 heavy (non-hydrogen) atoms. The first-order chi connectivity index (χ1) is 10.1. The van der Waals surface area contributed by atoms with Gasteiger partial charge in [-0.3, -0.25) is 9.69 Å². The summed E-state index contributed by atoms with van der Waals surface area (Å²) in [6.07, 6.45) is 3.39. The van der Waals surface area contributed by atoms with E-state index in [0.29, 0.717) is 25.6 Å². The Morgan fingerprint density at radius 3 is 2.39 bits per heavy atom. The Kier molecular flexibility index (Phi) is 14.8. The van der Waals surface area contributed by atoms with Crippen molar-refractivity contribution in [3.8, 4) is 0 Å².